The van der Waals surface area contributed by atoms with E-state index in [1.54, 1.807) is 19.1 Å². The van der Waals surface area contributed by atoms with Crippen molar-refractivity contribution in [2.75, 3.05) is 0 Å². The maximum absolute atomic E-state index is 10.00. The number of aryl methyl sites for hydroxylation is 1. The zero-order valence-corrected chi connectivity index (χ0v) is 9.75. The molecular weight excluding hydrogens is 244 g/mol. The lowest BCUT2D eigenvalue weighted by atomic mass is 10.2. The van der Waals surface area contributed by atoms with E-state index < -0.39 is 9.17 Å². The van der Waals surface area contributed by atoms with E-state index in [4.69, 9.17) is 14.1 Å². The minimum Gasteiger partial charge on any atom is -0.511 e. The third kappa shape index (κ3) is 6.64. The molecule has 0 amide bonds. The summed E-state index contributed by atoms with van der Waals surface area (Å²) in [5.74, 6) is 0. The molecule has 0 atom stereocenters. The predicted molar refractivity (Wildman–Crippen MR) is 57.6 cm³/mol. The quantitative estimate of drug-likeness (QED) is 0.446. The molecule has 0 unspecified atom stereocenters. The van der Waals surface area contributed by atoms with Crippen molar-refractivity contribution in [3.63, 3.8) is 0 Å². The van der Waals surface area contributed by atoms with Gasteiger partial charge in [-0.05, 0) is 24.6 Å². The average Bonchev–Trinajstić information content (AvgIpc) is 2.23. The van der Waals surface area contributed by atoms with E-state index >= 15 is 0 Å². The Morgan fingerprint density at radius 3 is 2.18 bits per heavy atom. The molecule has 0 spiro atoms. The molecule has 7 nitrogen and oxygen atoms in total. The number of carbonyl (C=O) groups excluding carboxylic acids is 2. The molecule has 88 valence electrons. The zero-order chi connectivity index (χ0) is 13.3. The molecule has 8 heteroatoms. The van der Waals surface area contributed by atoms with Gasteiger partial charge in [-0.15, -0.1) is 0 Å². The molecule has 0 radical (unpaired) electrons. The Bertz CT molecular complexity index is 500. The van der Waals surface area contributed by atoms with Gasteiger partial charge in [0.15, 0.2) is 0 Å². The van der Waals surface area contributed by atoms with E-state index in [-0.39, 0.29) is 0 Å². The number of aliphatic imine (C=N–C) groups is 2. The van der Waals surface area contributed by atoms with Crippen LogP contribution in [0.3, 0.4) is 0 Å². The zero-order valence-electron chi connectivity index (χ0n) is 8.75. The molecule has 0 aliphatic rings. The number of benzene rings is 1. The van der Waals surface area contributed by atoms with Crippen LogP contribution in [0.4, 0.5) is 11.4 Å². The molecule has 0 heterocycles. The Labute approximate surface area is 97.7 Å². The van der Waals surface area contributed by atoms with Gasteiger partial charge in [0.1, 0.15) is 0 Å². The van der Waals surface area contributed by atoms with Crippen molar-refractivity contribution in [3.8, 4) is 0 Å². The largest absolute Gasteiger partial charge is 0.761 e. The lowest BCUT2D eigenvalue weighted by Gasteiger charge is -1.97. The SMILES string of the molecule is Cc1ccc(N=C=O)cc1N=C=O.O=[Si](O)O. The summed E-state index contributed by atoms with van der Waals surface area (Å²) in [6.45, 7) is 1.80. The number of rotatable bonds is 2. The second-order valence-electron chi connectivity index (χ2n) is 2.66. The van der Waals surface area contributed by atoms with Crippen LogP contribution in [-0.4, -0.2) is 30.9 Å². The molecule has 0 aliphatic carbocycles. The van der Waals surface area contributed by atoms with Crippen molar-refractivity contribution >= 4 is 32.7 Å². The second-order valence-corrected chi connectivity index (χ2v) is 3.22. The first kappa shape index (κ1) is 14.6. The van der Waals surface area contributed by atoms with Gasteiger partial charge in [-0.25, -0.2) is 9.59 Å². The van der Waals surface area contributed by atoms with Crippen LogP contribution in [0, 0.1) is 6.92 Å². The lowest BCUT2D eigenvalue weighted by molar-refractivity contribution is 0.330. The molecule has 0 saturated heterocycles. The molecule has 2 N–H and O–H groups in total. The van der Waals surface area contributed by atoms with Crippen LogP contribution in [0.1, 0.15) is 5.56 Å². The first-order valence-corrected chi connectivity index (χ1v) is 5.49. The third-order valence-electron chi connectivity index (χ3n) is 1.53. The monoisotopic (exact) mass is 252 g/mol. The normalized spacial score (nSPS) is 7.82. The summed E-state index contributed by atoms with van der Waals surface area (Å²) in [6.07, 6.45) is 2.84. The van der Waals surface area contributed by atoms with Gasteiger partial charge in [-0.2, -0.15) is 9.98 Å². The van der Waals surface area contributed by atoms with E-state index in [1.165, 1.54) is 18.2 Å². The van der Waals surface area contributed by atoms with Crippen molar-refractivity contribution in [2.45, 2.75) is 6.92 Å². The van der Waals surface area contributed by atoms with Crippen LogP contribution in [-0.2, 0) is 14.1 Å². The molecule has 1 rings (SSSR count). The smallest absolute Gasteiger partial charge is 0.511 e. The topological polar surface area (TPSA) is 116 Å². The number of isocyanates is 2. The second kappa shape index (κ2) is 7.83. The fourth-order valence-electron chi connectivity index (χ4n) is 0.890. The molecule has 17 heavy (non-hydrogen) atoms. The fourth-order valence-corrected chi connectivity index (χ4v) is 0.890. The summed E-state index contributed by atoms with van der Waals surface area (Å²) in [5.41, 5.74) is 1.72. The highest BCUT2D eigenvalue weighted by molar-refractivity contribution is 6.22. The Kier molecular flexibility index (Phi) is 6.73. The molecule has 0 fully saturated rings. The lowest BCUT2D eigenvalue weighted by Crippen LogP contribution is -1.90. The van der Waals surface area contributed by atoms with Crippen LogP contribution in [0.25, 0.3) is 0 Å². The van der Waals surface area contributed by atoms with Gasteiger partial charge in [-0.1, -0.05) is 6.07 Å². The van der Waals surface area contributed by atoms with Crippen LogP contribution in [0.15, 0.2) is 28.2 Å². The highest BCUT2D eigenvalue weighted by Crippen LogP contribution is 2.23. The van der Waals surface area contributed by atoms with Crippen LogP contribution in [0.5, 0.6) is 0 Å². The first-order valence-electron chi connectivity index (χ1n) is 4.19. The van der Waals surface area contributed by atoms with Gasteiger partial charge in [0.05, 0.1) is 11.4 Å². The fraction of sp³-hybridized carbons (Fsp3) is 0.111. The summed E-state index contributed by atoms with van der Waals surface area (Å²) in [4.78, 5) is 41.1. The molecule has 0 aromatic heterocycles. The van der Waals surface area contributed by atoms with E-state index in [0.29, 0.717) is 11.4 Å². The molecule has 1 aromatic rings. The van der Waals surface area contributed by atoms with Gasteiger partial charge < -0.3 is 9.59 Å². The van der Waals surface area contributed by atoms with Gasteiger partial charge in [-0.3, -0.25) is 4.46 Å². The third-order valence-corrected chi connectivity index (χ3v) is 1.53. The Balaban J connectivity index is 0.000000557. The summed E-state index contributed by atoms with van der Waals surface area (Å²) in [7, 11) is -3.13. The van der Waals surface area contributed by atoms with Crippen LogP contribution >= 0.6 is 0 Å². The molecule has 1 aromatic carbocycles. The summed E-state index contributed by atoms with van der Waals surface area (Å²) < 4.78 is 8.74. The van der Waals surface area contributed by atoms with Gasteiger partial charge >= 0.3 is 9.17 Å². The van der Waals surface area contributed by atoms with Gasteiger partial charge in [0, 0.05) is 0 Å². The van der Waals surface area contributed by atoms with E-state index in [9.17, 15) is 9.59 Å². The standard InChI is InChI=1S/C9H6N2O2.H2O3Si/c1-7-2-3-8(10-5-12)4-9(7)11-6-13;1-4(2)3/h2-4H,1H3;1-2H. The van der Waals surface area contributed by atoms with Gasteiger partial charge in [0.25, 0.3) is 0 Å². The minimum absolute atomic E-state index is 0.426. The summed E-state index contributed by atoms with van der Waals surface area (Å²) in [6, 6.07) is 4.88. The Hall–Kier alpha value is -2.40. The molecule has 0 bridgehead atoms. The van der Waals surface area contributed by atoms with Crippen molar-refractivity contribution in [1.82, 2.24) is 0 Å². The maximum atomic E-state index is 10.00. The number of hydrogen-bond donors (Lipinski definition) is 2. The maximum Gasteiger partial charge on any atom is 0.761 e. The van der Waals surface area contributed by atoms with Crippen LogP contribution in [0.2, 0.25) is 0 Å². The predicted octanol–water partition coefficient (Wildman–Crippen LogP) is 0.316. The highest BCUT2D eigenvalue weighted by Gasteiger charge is 1.97. The van der Waals surface area contributed by atoms with Crippen molar-refractivity contribution in [1.29, 1.82) is 0 Å². The van der Waals surface area contributed by atoms with Crippen molar-refractivity contribution < 1.29 is 23.6 Å². The molecular formula is C9H8N2O5Si. The van der Waals surface area contributed by atoms with E-state index in [0.717, 1.165) is 5.56 Å². The average molecular weight is 252 g/mol. The molecule has 0 saturated carbocycles. The summed E-state index contributed by atoms with van der Waals surface area (Å²) >= 11 is 0. The number of nitrogens with zero attached hydrogens (tertiary/aromatic N) is 2. The Morgan fingerprint density at radius 2 is 1.71 bits per heavy atom. The van der Waals surface area contributed by atoms with E-state index in [2.05, 4.69) is 9.98 Å². The van der Waals surface area contributed by atoms with Crippen LogP contribution < -0.4 is 0 Å². The number of hydrogen-bond acceptors (Lipinski definition) is 5. The van der Waals surface area contributed by atoms with Gasteiger partial charge in [0.2, 0.25) is 12.2 Å². The highest BCUT2D eigenvalue weighted by atomic mass is 28.3. The Morgan fingerprint density at radius 1 is 1.18 bits per heavy atom. The van der Waals surface area contributed by atoms with Crippen molar-refractivity contribution in [2.24, 2.45) is 9.98 Å². The molecule has 0 aliphatic heterocycles. The minimum atomic E-state index is -3.13. The van der Waals surface area contributed by atoms with Crippen molar-refractivity contribution in [3.05, 3.63) is 23.8 Å². The summed E-state index contributed by atoms with van der Waals surface area (Å²) in [5, 5.41) is 0. The van der Waals surface area contributed by atoms with E-state index in [1.807, 2.05) is 0 Å². The first-order chi connectivity index (χ1) is 8.01.